The van der Waals surface area contributed by atoms with Crippen LogP contribution in [0.4, 0.5) is 13.2 Å². The quantitative estimate of drug-likeness (QED) is 0.362. The molecule has 2 atom stereocenters. The summed E-state index contributed by atoms with van der Waals surface area (Å²) in [7, 11) is 0. The Morgan fingerprint density at radius 3 is 2.27 bits per heavy atom. The molecule has 0 aromatic heterocycles. The van der Waals surface area contributed by atoms with Crippen LogP contribution in [0.15, 0.2) is 28.1 Å². The molecule has 2 aliphatic heterocycles. The Kier molecular flexibility index (Phi) is 8.21. The lowest BCUT2D eigenvalue weighted by Crippen LogP contribution is -2.46. The number of thioether (sulfide) groups is 2. The van der Waals surface area contributed by atoms with Crippen molar-refractivity contribution in [3.63, 3.8) is 0 Å². The Hall–Kier alpha value is -0.740. The molecule has 0 aliphatic carbocycles. The maximum atomic E-state index is 13.1. The summed E-state index contributed by atoms with van der Waals surface area (Å²) >= 11 is 1.66. The third kappa shape index (κ3) is 7.88. The fourth-order valence-corrected chi connectivity index (χ4v) is 5.90. The summed E-state index contributed by atoms with van der Waals surface area (Å²) < 4.78 is 44.9. The highest BCUT2D eigenvalue weighted by Crippen LogP contribution is 2.42. The van der Waals surface area contributed by atoms with Crippen LogP contribution in [0.5, 0.6) is 0 Å². The van der Waals surface area contributed by atoms with Crippen LogP contribution in [0.25, 0.3) is 0 Å². The maximum Gasteiger partial charge on any atom is 0.446 e. The second-order valence-corrected chi connectivity index (χ2v) is 12.9. The van der Waals surface area contributed by atoms with Crippen molar-refractivity contribution in [3.05, 3.63) is 29.3 Å². The Labute approximate surface area is 203 Å². The molecule has 33 heavy (non-hydrogen) atoms. The van der Waals surface area contributed by atoms with E-state index in [0.29, 0.717) is 5.92 Å². The number of hydrogen-bond donors (Lipinski definition) is 1. The highest BCUT2D eigenvalue weighted by atomic mass is 32.2. The van der Waals surface area contributed by atoms with Gasteiger partial charge in [0.2, 0.25) is 6.41 Å². The molecule has 2 unspecified atom stereocenters. The van der Waals surface area contributed by atoms with Crippen molar-refractivity contribution in [1.82, 2.24) is 4.90 Å². The fourth-order valence-electron chi connectivity index (χ4n) is 3.98. The van der Waals surface area contributed by atoms with Gasteiger partial charge in [-0.2, -0.15) is 13.2 Å². The van der Waals surface area contributed by atoms with Crippen molar-refractivity contribution >= 4 is 28.6 Å². The molecule has 3 rings (SSSR count). The zero-order chi connectivity index (χ0) is 24.6. The van der Waals surface area contributed by atoms with Gasteiger partial charge in [0.15, 0.2) is 0 Å². The van der Waals surface area contributed by atoms with Crippen LogP contribution in [-0.4, -0.2) is 51.4 Å². The lowest BCUT2D eigenvalue weighted by molar-refractivity contribution is -0.242. The molecule has 0 spiro atoms. The van der Waals surface area contributed by atoms with Crippen LogP contribution in [0, 0.1) is 5.92 Å². The first kappa shape index (κ1) is 26.9. The monoisotopic (exact) mass is 504 g/mol. The Bertz CT molecular complexity index is 855. The first-order valence-electron chi connectivity index (χ1n) is 11.3. The first-order valence-corrected chi connectivity index (χ1v) is 13.1. The molecule has 2 aliphatic rings. The SMILES string of the molecule is CC(C)(C)OC(O)N1CCC(C2=NC(c3cc(SC(F)(F)F)cc(C(C)(C)C)c3)CS2)CC1. The van der Waals surface area contributed by atoms with Gasteiger partial charge in [-0.1, -0.05) is 26.8 Å². The number of piperidine rings is 1. The second kappa shape index (κ2) is 10.1. The fraction of sp³-hybridized carbons (Fsp3) is 0.708. The van der Waals surface area contributed by atoms with E-state index < -0.39 is 17.5 Å². The molecule has 186 valence electrons. The average Bonchev–Trinajstić information content (AvgIpc) is 3.15. The summed E-state index contributed by atoms with van der Waals surface area (Å²) in [6.07, 6.45) is 0.835. The Balaban J connectivity index is 1.71. The standard InChI is InChI=1S/C24H35F3N2O2S2/c1-22(2,3)17-11-16(12-18(13-17)33-24(25,26)27)19-14-32-20(28-19)15-7-9-29(10-8-15)21(30)31-23(4,5)6/h11-13,15,19,21,30H,7-10,14H2,1-6H3. The van der Waals surface area contributed by atoms with Crippen molar-refractivity contribution in [3.8, 4) is 0 Å². The van der Waals surface area contributed by atoms with Crippen molar-refractivity contribution < 1.29 is 23.0 Å². The van der Waals surface area contributed by atoms with Crippen molar-refractivity contribution in [1.29, 1.82) is 0 Å². The predicted octanol–water partition coefficient (Wildman–Crippen LogP) is 6.59. The van der Waals surface area contributed by atoms with E-state index in [9.17, 15) is 18.3 Å². The number of halogens is 3. The number of likely N-dealkylation sites (tertiary alicyclic amines) is 1. The number of alkyl halides is 3. The number of aliphatic imine (C=N–C) groups is 1. The van der Waals surface area contributed by atoms with Gasteiger partial charge in [0.1, 0.15) is 0 Å². The summed E-state index contributed by atoms with van der Waals surface area (Å²) in [5.74, 6) is 1.06. The molecule has 4 nitrogen and oxygen atoms in total. The Morgan fingerprint density at radius 2 is 1.73 bits per heavy atom. The van der Waals surface area contributed by atoms with Crippen molar-refractivity contribution in [2.24, 2.45) is 10.9 Å². The van der Waals surface area contributed by atoms with Gasteiger partial charge in [-0.3, -0.25) is 9.89 Å². The number of aliphatic hydroxyl groups excluding tert-OH is 1. The van der Waals surface area contributed by atoms with Gasteiger partial charge in [0.05, 0.1) is 16.7 Å². The zero-order valence-electron chi connectivity index (χ0n) is 20.2. The van der Waals surface area contributed by atoms with Crippen LogP contribution in [-0.2, 0) is 10.2 Å². The molecule has 1 saturated heterocycles. The summed E-state index contributed by atoms with van der Waals surface area (Å²) in [6, 6.07) is 5.18. The van der Waals surface area contributed by atoms with Crippen molar-refractivity contribution in [2.45, 2.75) is 88.3 Å². The van der Waals surface area contributed by atoms with Crippen molar-refractivity contribution in [2.75, 3.05) is 18.8 Å². The van der Waals surface area contributed by atoms with Gasteiger partial charge < -0.3 is 9.84 Å². The molecule has 1 aromatic carbocycles. The van der Waals surface area contributed by atoms with E-state index in [0.717, 1.165) is 47.9 Å². The third-order valence-corrected chi connectivity index (χ3v) is 7.66. The summed E-state index contributed by atoms with van der Waals surface area (Å²) in [5.41, 5.74) is -3.25. The number of aliphatic hydroxyl groups is 1. The molecule has 2 heterocycles. The van der Waals surface area contributed by atoms with Crippen LogP contribution in [0.3, 0.4) is 0 Å². The number of nitrogens with zero attached hydrogens (tertiary/aromatic N) is 2. The van der Waals surface area contributed by atoms with Crippen LogP contribution >= 0.6 is 23.5 Å². The molecule has 1 N–H and O–H groups in total. The van der Waals surface area contributed by atoms with Crippen LogP contribution in [0.1, 0.15) is 71.6 Å². The number of rotatable bonds is 5. The zero-order valence-corrected chi connectivity index (χ0v) is 21.8. The van der Waals surface area contributed by atoms with Gasteiger partial charge in [-0.25, -0.2) is 0 Å². The van der Waals surface area contributed by atoms with E-state index in [1.807, 2.05) is 52.5 Å². The molecular weight excluding hydrogens is 469 g/mol. The maximum absolute atomic E-state index is 13.1. The average molecular weight is 505 g/mol. The van der Waals surface area contributed by atoms with Gasteiger partial charge >= 0.3 is 5.51 Å². The van der Waals surface area contributed by atoms with E-state index in [1.165, 1.54) is 0 Å². The lowest BCUT2D eigenvalue weighted by Gasteiger charge is -2.37. The largest absolute Gasteiger partial charge is 0.446 e. The summed E-state index contributed by atoms with van der Waals surface area (Å²) in [4.78, 5) is 7.11. The predicted molar refractivity (Wildman–Crippen MR) is 131 cm³/mol. The highest BCUT2D eigenvalue weighted by Gasteiger charge is 2.34. The second-order valence-electron chi connectivity index (χ2n) is 10.7. The van der Waals surface area contributed by atoms with Gasteiger partial charge in [0, 0.05) is 29.7 Å². The minimum Gasteiger partial charge on any atom is -0.356 e. The van der Waals surface area contributed by atoms with E-state index >= 15 is 0 Å². The van der Waals surface area contributed by atoms with E-state index in [4.69, 9.17) is 9.73 Å². The van der Waals surface area contributed by atoms with Crippen LogP contribution in [0.2, 0.25) is 0 Å². The molecule has 9 heteroatoms. The topological polar surface area (TPSA) is 45.1 Å². The first-order chi connectivity index (χ1) is 15.1. The minimum atomic E-state index is -4.32. The summed E-state index contributed by atoms with van der Waals surface area (Å²) in [6.45, 7) is 13.2. The van der Waals surface area contributed by atoms with Gasteiger partial charge in [-0.15, -0.1) is 11.8 Å². The lowest BCUT2D eigenvalue weighted by atomic mass is 9.85. The highest BCUT2D eigenvalue weighted by molar-refractivity contribution is 8.14. The number of ether oxygens (including phenoxy) is 1. The third-order valence-electron chi connectivity index (χ3n) is 5.74. The molecule has 1 aromatic rings. The summed E-state index contributed by atoms with van der Waals surface area (Å²) in [5, 5.41) is 11.4. The molecule has 0 saturated carbocycles. The molecule has 0 radical (unpaired) electrons. The van der Waals surface area contributed by atoms with E-state index in [-0.39, 0.29) is 28.1 Å². The molecular formula is C24H35F3N2O2S2. The molecule has 0 bridgehead atoms. The number of hydrogen-bond acceptors (Lipinski definition) is 6. The van der Waals surface area contributed by atoms with Crippen LogP contribution < -0.4 is 0 Å². The van der Waals surface area contributed by atoms with E-state index in [2.05, 4.69) is 0 Å². The Morgan fingerprint density at radius 1 is 1.09 bits per heavy atom. The molecule has 0 amide bonds. The smallest absolute Gasteiger partial charge is 0.356 e. The number of benzene rings is 1. The molecule has 1 fully saturated rings. The minimum absolute atomic E-state index is 0.0569. The van der Waals surface area contributed by atoms with Gasteiger partial charge in [-0.05, 0) is 74.0 Å². The normalized spacial score (nSPS) is 22.5. The van der Waals surface area contributed by atoms with Gasteiger partial charge in [0.25, 0.3) is 0 Å². The van der Waals surface area contributed by atoms with E-state index in [1.54, 1.807) is 23.9 Å².